The second kappa shape index (κ2) is 4.55. The molecule has 3 rings (SSSR count). The zero-order chi connectivity index (χ0) is 11.9. The fourth-order valence-electron chi connectivity index (χ4n) is 4.48. The number of fused-ring (bicyclic) bond motifs is 2. The number of hydrogen-bond acceptors (Lipinski definition) is 2. The molecule has 3 heterocycles. The molecule has 0 aromatic heterocycles. The zero-order valence-corrected chi connectivity index (χ0v) is 11.5. The monoisotopic (exact) mass is 236 g/mol. The van der Waals surface area contributed by atoms with Gasteiger partial charge in [-0.15, -0.1) is 0 Å². The molecular formula is C15H28N2. The molecule has 3 saturated heterocycles. The number of nitrogens with one attached hydrogen (secondary N) is 1. The third-order valence-electron chi connectivity index (χ3n) is 5.94. The molecule has 3 aliphatic rings. The van der Waals surface area contributed by atoms with Gasteiger partial charge in [0.05, 0.1) is 0 Å². The molecular weight excluding hydrogens is 208 g/mol. The molecule has 0 saturated carbocycles. The van der Waals surface area contributed by atoms with E-state index in [1.165, 1.54) is 58.2 Å². The van der Waals surface area contributed by atoms with E-state index >= 15 is 0 Å². The molecule has 0 spiro atoms. The summed E-state index contributed by atoms with van der Waals surface area (Å²) in [5.74, 6) is 0.957. The second-order valence-electron chi connectivity index (χ2n) is 6.74. The molecule has 98 valence electrons. The number of likely N-dealkylation sites (tertiary alicyclic amines) is 1. The standard InChI is InChI=1S/C15H28N2/c1-3-15(4-2)7-8-17(11-15)10-12-9-13-5-6-14(12)16-13/h12-14,16H,3-11H2,1-2H3. The van der Waals surface area contributed by atoms with E-state index < -0.39 is 0 Å². The average molecular weight is 236 g/mol. The lowest BCUT2D eigenvalue weighted by Gasteiger charge is -2.29. The molecule has 0 radical (unpaired) electrons. The van der Waals surface area contributed by atoms with Gasteiger partial charge >= 0.3 is 0 Å². The van der Waals surface area contributed by atoms with E-state index in [0.717, 1.165) is 18.0 Å². The van der Waals surface area contributed by atoms with Crippen molar-refractivity contribution in [1.82, 2.24) is 10.2 Å². The third-order valence-corrected chi connectivity index (χ3v) is 5.94. The highest BCUT2D eigenvalue weighted by Gasteiger charge is 2.42. The highest BCUT2D eigenvalue weighted by Crippen LogP contribution is 2.39. The van der Waals surface area contributed by atoms with Gasteiger partial charge in [-0.25, -0.2) is 0 Å². The molecule has 0 aromatic rings. The Hall–Kier alpha value is -0.0800. The SMILES string of the molecule is CCC1(CC)CCN(CC2CC3CCC2N3)C1. The summed E-state index contributed by atoms with van der Waals surface area (Å²) in [6, 6.07) is 1.73. The minimum absolute atomic E-state index is 0.658. The number of rotatable bonds is 4. The van der Waals surface area contributed by atoms with Crippen molar-refractivity contribution in [3.05, 3.63) is 0 Å². The maximum absolute atomic E-state index is 3.77. The minimum atomic E-state index is 0.658. The molecule has 3 fully saturated rings. The Morgan fingerprint density at radius 3 is 2.59 bits per heavy atom. The van der Waals surface area contributed by atoms with Crippen LogP contribution in [0.15, 0.2) is 0 Å². The fraction of sp³-hybridized carbons (Fsp3) is 1.00. The first kappa shape index (κ1) is 12.0. The summed E-state index contributed by atoms with van der Waals surface area (Å²) >= 11 is 0. The molecule has 3 atom stereocenters. The van der Waals surface area contributed by atoms with Gasteiger partial charge in [0, 0.05) is 25.2 Å². The summed E-state index contributed by atoms with van der Waals surface area (Å²) in [7, 11) is 0. The van der Waals surface area contributed by atoms with Crippen LogP contribution in [0.2, 0.25) is 0 Å². The first-order valence-corrected chi connectivity index (χ1v) is 7.73. The molecule has 0 aliphatic carbocycles. The van der Waals surface area contributed by atoms with Crippen molar-refractivity contribution >= 4 is 0 Å². The van der Waals surface area contributed by atoms with E-state index in [2.05, 4.69) is 24.1 Å². The molecule has 1 N–H and O–H groups in total. The quantitative estimate of drug-likeness (QED) is 0.807. The summed E-state index contributed by atoms with van der Waals surface area (Å²) in [5, 5.41) is 3.77. The predicted octanol–water partition coefficient (Wildman–Crippen LogP) is 2.64. The molecule has 2 heteroatoms. The van der Waals surface area contributed by atoms with Crippen molar-refractivity contribution < 1.29 is 0 Å². The van der Waals surface area contributed by atoms with Crippen LogP contribution >= 0.6 is 0 Å². The van der Waals surface area contributed by atoms with Crippen molar-refractivity contribution in [2.24, 2.45) is 11.3 Å². The summed E-state index contributed by atoms with van der Waals surface area (Å²) in [4.78, 5) is 2.76. The Labute approximate surface area is 106 Å². The molecule has 3 unspecified atom stereocenters. The maximum Gasteiger partial charge on any atom is 0.0111 e. The smallest absolute Gasteiger partial charge is 0.0111 e. The summed E-state index contributed by atoms with van der Waals surface area (Å²) in [6.07, 6.45) is 8.51. The summed E-state index contributed by atoms with van der Waals surface area (Å²) in [6.45, 7) is 8.86. The van der Waals surface area contributed by atoms with Crippen LogP contribution in [-0.2, 0) is 0 Å². The van der Waals surface area contributed by atoms with Crippen LogP contribution in [-0.4, -0.2) is 36.6 Å². The molecule has 3 aliphatic heterocycles. The number of hydrogen-bond donors (Lipinski definition) is 1. The molecule has 0 aromatic carbocycles. The topological polar surface area (TPSA) is 15.3 Å². The van der Waals surface area contributed by atoms with E-state index in [0.29, 0.717) is 5.41 Å². The predicted molar refractivity (Wildman–Crippen MR) is 72.1 cm³/mol. The first-order valence-electron chi connectivity index (χ1n) is 7.73. The van der Waals surface area contributed by atoms with Gasteiger partial charge in [-0.05, 0) is 56.4 Å². The van der Waals surface area contributed by atoms with E-state index in [-0.39, 0.29) is 0 Å². The van der Waals surface area contributed by atoms with Crippen LogP contribution in [0.25, 0.3) is 0 Å². The summed E-state index contributed by atoms with van der Waals surface area (Å²) in [5.41, 5.74) is 0.658. The van der Waals surface area contributed by atoms with E-state index in [1.807, 2.05) is 0 Å². The zero-order valence-electron chi connectivity index (χ0n) is 11.5. The van der Waals surface area contributed by atoms with Crippen LogP contribution in [0.4, 0.5) is 0 Å². The van der Waals surface area contributed by atoms with Gasteiger partial charge in [0.15, 0.2) is 0 Å². The Kier molecular flexibility index (Phi) is 3.20. The van der Waals surface area contributed by atoms with E-state index in [1.54, 1.807) is 0 Å². The Morgan fingerprint density at radius 2 is 2.06 bits per heavy atom. The lowest BCUT2D eigenvalue weighted by molar-refractivity contribution is 0.205. The van der Waals surface area contributed by atoms with Gasteiger partial charge in [-0.2, -0.15) is 0 Å². The van der Waals surface area contributed by atoms with Crippen molar-refractivity contribution in [3.8, 4) is 0 Å². The average Bonchev–Trinajstić information content (AvgIpc) is 3.04. The largest absolute Gasteiger partial charge is 0.311 e. The Morgan fingerprint density at radius 1 is 1.24 bits per heavy atom. The normalized spacial score (nSPS) is 40.2. The fourth-order valence-corrected chi connectivity index (χ4v) is 4.48. The van der Waals surface area contributed by atoms with Gasteiger partial charge in [0.2, 0.25) is 0 Å². The maximum atomic E-state index is 3.77. The lowest BCUT2D eigenvalue weighted by Crippen LogP contribution is -2.35. The van der Waals surface area contributed by atoms with E-state index in [4.69, 9.17) is 0 Å². The van der Waals surface area contributed by atoms with Crippen LogP contribution in [0.1, 0.15) is 52.4 Å². The van der Waals surface area contributed by atoms with Gasteiger partial charge < -0.3 is 10.2 Å². The Balaban J connectivity index is 1.54. The highest BCUT2D eigenvalue weighted by atomic mass is 15.2. The van der Waals surface area contributed by atoms with Crippen LogP contribution in [0, 0.1) is 11.3 Å². The van der Waals surface area contributed by atoms with Crippen molar-refractivity contribution in [3.63, 3.8) is 0 Å². The molecule has 0 amide bonds. The summed E-state index contributed by atoms with van der Waals surface area (Å²) < 4.78 is 0. The van der Waals surface area contributed by atoms with Gasteiger partial charge in [-0.3, -0.25) is 0 Å². The molecule has 17 heavy (non-hydrogen) atoms. The second-order valence-corrected chi connectivity index (χ2v) is 6.74. The van der Waals surface area contributed by atoms with Crippen LogP contribution < -0.4 is 5.32 Å². The van der Waals surface area contributed by atoms with Crippen molar-refractivity contribution in [2.45, 2.75) is 64.5 Å². The van der Waals surface area contributed by atoms with Gasteiger partial charge in [0.25, 0.3) is 0 Å². The van der Waals surface area contributed by atoms with Crippen molar-refractivity contribution in [2.75, 3.05) is 19.6 Å². The van der Waals surface area contributed by atoms with E-state index in [9.17, 15) is 0 Å². The Bertz CT molecular complexity index is 272. The lowest BCUT2D eigenvalue weighted by atomic mass is 9.82. The molecule has 2 nitrogen and oxygen atoms in total. The van der Waals surface area contributed by atoms with Gasteiger partial charge in [-0.1, -0.05) is 13.8 Å². The van der Waals surface area contributed by atoms with Gasteiger partial charge in [0.1, 0.15) is 0 Å². The van der Waals surface area contributed by atoms with Crippen LogP contribution in [0.5, 0.6) is 0 Å². The minimum Gasteiger partial charge on any atom is -0.311 e. The van der Waals surface area contributed by atoms with Crippen LogP contribution in [0.3, 0.4) is 0 Å². The molecule has 2 bridgehead atoms. The highest BCUT2D eigenvalue weighted by molar-refractivity contribution is 4.99. The first-order chi connectivity index (χ1) is 8.24. The van der Waals surface area contributed by atoms with Crippen molar-refractivity contribution in [1.29, 1.82) is 0 Å². The number of nitrogens with zero attached hydrogens (tertiary/aromatic N) is 1. The third kappa shape index (κ3) is 2.15.